The molecule has 0 aliphatic heterocycles. The molecule has 0 unspecified atom stereocenters. The van der Waals surface area contributed by atoms with E-state index in [2.05, 4.69) is 163 Å². The fourth-order valence-corrected chi connectivity index (χ4v) is 10.8. The van der Waals surface area contributed by atoms with Crippen molar-refractivity contribution in [1.82, 2.24) is 0 Å². The average molecular weight is 1080 g/mol. The Hall–Kier alpha value is -0.712. The number of hydrogen-bond donors (Lipinski definition) is 2. The number of nitrogens with zero attached hydrogens (tertiary/aromatic N) is 2. The smallest absolute Gasteiger partial charge is 0.128 e. The zero-order valence-corrected chi connectivity index (χ0v) is 47.3. The molecule has 2 radical (unpaired) electrons. The van der Waals surface area contributed by atoms with Crippen molar-refractivity contribution in [3.63, 3.8) is 0 Å². The van der Waals surface area contributed by atoms with Gasteiger partial charge < -0.3 is 15.7 Å². The fraction of sp³-hybridized carbons (Fsp3) is 0.731. The summed E-state index contributed by atoms with van der Waals surface area (Å²) < 4.78 is 0. The largest absolute Gasteiger partial charge is 0.507 e. The summed E-state index contributed by atoms with van der Waals surface area (Å²) in [5.74, 6) is 0.693. The molecule has 4 N–H and O–H groups in total. The number of rotatable bonds is 12. The first-order chi connectivity index (χ1) is 25.0. The summed E-state index contributed by atoms with van der Waals surface area (Å²) in [6.07, 6.45) is 11.9. The van der Waals surface area contributed by atoms with Crippen molar-refractivity contribution in [2.45, 2.75) is 224 Å². The molecule has 336 valence electrons. The van der Waals surface area contributed by atoms with E-state index in [1.807, 2.05) is 12.4 Å². The normalized spacial score (nSPS) is 17.8. The minimum Gasteiger partial charge on any atom is -0.507 e. The molecule has 7 heteroatoms. The monoisotopic (exact) mass is 1070 g/mol. The standard InChI is InChI=1S/C52H86N2O2.Ac.Co.H2O/c1-45(2,3)31-49(13,14)37-25-35(43(55)39(27-37)51(17,18)33-47(7,8)9)29-53-41-23-21-22-24-42(41)54-30-36-26-38(50(15,16)32-46(4,5)6)28-40(44(36)56)52(19,20)34-48(10,11)12;;;/h25-30,41-42,55-56H,21-24,31-34H2,1-20H3;;;1H2/t41-,42-;;;/m0.../s1. The van der Waals surface area contributed by atoms with Crippen LogP contribution in [0.15, 0.2) is 34.3 Å². The van der Waals surface area contributed by atoms with E-state index in [4.69, 9.17) is 9.98 Å². The minimum atomic E-state index is -0.227. The number of aromatic hydroxyl groups is 2. The van der Waals surface area contributed by atoms with E-state index in [1.54, 1.807) is 0 Å². The van der Waals surface area contributed by atoms with Crippen molar-refractivity contribution in [3.05, 3.63) is 57.6 Å². The quantitative estimate of drug-likeness (QED) is 0.207. The van der Waals surface area contributed by atoms with Crippen molar-refractivity contribution in [1.29, 1.82) is 0 Å². The summed E-state index contributed by atoms with van der Waals surface area (Å²) in [5.41, 5.74) is 5.99. The summed E-state index contributed by atoms with van der Waals surface area (Å²) >= 11 is 0. The van der Waals surface area contributed by atoms with Gasteiger partial charge in [0.25, 0.3) is 0 Å². The molecule has 0 spiro atoms. The Labute approximate surface area is 409 Å². The van der Waals surface area contributed by atoms with Crippen LogP contribution in [0.1, 0.15) is 223 Å². The Bertz CT molecular complexity index is 1600. The third-order valence-electron chi connectivity index (χ3n) is 11.7. The van der Waals surface area contributed by atoms with Gasteiger partial charge in [0.1, 0.15) is 11.5 Å². The Morgan fingerprint density at radius 1 is 0.475 bits per heavy atom. The SMILES string of the molecule is CC(C)(C)CC(C)(C)c1cc(C=N[C@H]2CCCC[C@@H]2N=Cc2cc(C(C)(C)CC(C)(C)C)cc(C(C)(C)CC(C)(C)C)c2O)c(O)c(C(C)(C)CC(C)(C)C)c1.O.[Ac].[Co]. The van der Waals surface area contributed by atoms with Gasteiger partial charge in [-0.25, -0.2) is 0 Å². The van der Waals surface area contributed by atoms with E-state index in [1.165, 1.54) is 11.1 Å². The van der Waals surface area contributed by atoms with Crippen LogP contribution in [0.25, 0.3) is 0 Å². The van der Waals surface area contributed by atoms with Crippen molar-refractivity contribution in [2.75, 3.05) is 0 Å². The second-order valence-electron chi connectivity index (χ2n) is 25.4. The van der Waals surface area contributed by atoms with E-state index < -0.39 is 0 Å². The van der Waals surface area contributed by atoms with Gasteiger partial charge in [0.2, 0.25) is 0 Å². The van der Waals surface area contributed by atoms with E-state index >= 15 is 0 Å². The predicted molar refractivity (Wildman–Crippen MR) is 249 cm³/mol. The third kappa shape index (κ3) is 17.4. The number of phenolic OH excluding ortho intramolecular Hbond substituents is 2. The van der Waals surface area contributed by atoms with E-state index in [0.717, 1.165) is 73.6 Å². The molecule has 1 aliphatic rings. The molecule has 2 atom stereocenters. The Morgan fingerprint density at radius 2 is 0.729 bits per heavy atom. The molecule has 0 amide bonds. The van der Waals surface area contributed by atoms with Crippen molar-refractivity contribution in [3.8, 4) is 11.5 Å². The molecular formula is C52H88AcCoN2O3. The zero-order chi connectivity index (χ0) is 43.1. The van der Waals surface area contributed by atoms with Gasteiger partial charge >= 0.3 is 0 Å². The number of phenols is 2. The topological polar surface area (TPSA) is 96.7 Å². The average Bonchev–Trinajstić information content (AvgIpc) is 2.95. The Balaban J connectivity index is 0.0000112. The summed E-state index contributed by atoms with van der Waals surface area (Å²) in [7, 11) is 0. The van der Waals surface area contributed by atoms with Gasteiger partial charge in [-0.2, -0.15) is 0 Å². The zero-order valence-electron chi connectivity index (χ0n) is 41.5. The molecule has 2 aromatic carbocycles. The molecule has 0 bridgehead atoms. The first-order valence-corrected chi connectivity index (χ1v) is 21.8. The molecule has 0 heterocycles. The van der Waals surface area contributed by atoms with Crippen LogP contribution < -0.4 is 0 Å². The van der Waals surface area contributed by atoms with Crippen LogP contribution >= 0.6 is 0 Å². The van der Waals surface area contributed by atoms with Gasteiger partial charge in [-0.05, 0) is 105 Å². The van der Waals surface area contributed by atoms with Gasteiger partial charge in [0, 0.05) is 95.5 Å². The third-order valence-corrected chi connectivity index (χ3v) is 11.7. The maximum Gasteiger partial charge on any atom is 0.128 e. The molecule has 1 aliphatic carbocycles. The number of hydrogen-bond acceptors (Lipinski definition) is 4. The summed E-state index contributed by atoms with van der Waals surface area (Å²) in [6, 6.07) is 8.92. The fourth-order valence-electron chi connectivity index (χ4n) is 10.8. The van der Waals surface area contributed by atoms with Crippen LogP contribution in [-0.2, 0) is 38.4 Å². The Morgan fingerprint density at radius 3 is 0.983 bits per heavy atom. The minimum absolute atomic E-state index is 0. The van der Waals surface area contributed by atoms with Gasteiger partial charge in [-0.15, -0.1) is 0 Å². The van der Waals surface area contributed by atoms with Gasteiger partial charge in [-0.1, -0.05) is 163 Å². The van der Waals surface area contributed by atoms with Crippen LogP contribution in [0, 0.1) is 65.7 Å². The molecule has 59 heavy (non-hydrogen) atoms. The van der Waals surface area contributed by atoms with Crippen LogP contribution in [0.2, 0.25) is 0 Å². The number of benzene rings is 2. The van der Waals surface area contributed by atoms with E-state index in [0.29, 0.717) is 11.5 Å². The molecule has 1 fully saturated rings. The van der Waals surface area contributed by atoms with Crippen molar-refractivity contribution >= 4 is 12.4 Å². The second-order valence-corrected chi connectivity index (χ2v) is 25.4. The van der Waals surface area contributed by atoms with E-state index in [9.17, 15) is 10.2 Å². The molecule has 5 nitrogen and oxygen atoms in total. The second kappa shape index (κ2) is 20.9. The summed E-state index contributed by atoms with van der Waals surface area (Å²) in [6.45, 7) is 45.9. The van der Waals surface area contributed by atoms with Crippen LogP contribution in [-0.4, -0.2) is 40.2 Å². The Kier molecular flexibility index (Phi) is 20.6. The molecular weight excluding hydrogens is 987 g/mol. The number of aliphatic imine (C=N–C) groups is 2. The first-order valence-electron chi connectivity index (χ1n) is 21.8. The van der Waals surface area contributed by atoms with Crippen LogP contribution in [0.3, 0.4) is 0 Å². The van der Waals surface area contributed by atoms with Gasteiger partial charge in [0.15, 0.2) is 0 Å². The molecule has 0 saturated heterocycles. The van der Waals surface area contributed by atoms with Crippen molar-refractivity contribution in [2.24, 2.45) is 31.6 Å². The van der Waals surface area contributed by atoms with Crippen LogP contribution in [0.5, 0.6) is 11.5 Å². The predicted octanol–water partition coefficient (Wildman–Crippen LogP) is 14.0. The summed E-state index contributed by atoms with van der Waals surface area (Å²) in [4.78, 5) is 10.5. The van der Waals surface area contributed by atoms with Crippen molar-refractivity contribution < 1.29 is 76.5 Å². The first kappa shape index (κ1) is 58.3. The van der Waals surface area contributed by atoms with Gasteiger partial charge in [-0.3, -0.25) is 9.98 Å². The summed E-state index contributed by atoms with van der Waals surface area (Å²) in [5, 5.41) is 24.0. The maximum absolute atomic E-state index is 12.0. The van der Waals surface area contributed by atoms with E-state index in [-0.39, 0.29) is 122 Å². The molecule has 0 aromatic heterocycles. The molecule has 3 rings (SSSR count). The van der Waals surface area contributed by atoms with Gasteiger partial charge in [0.05, 0.1) is 12.1 Å². The molecule has 2 aromatic rings. The molecule has 1 saturated carbocycles. The van der Waals surface area contributed by atoms with Crippen LogP contribution in [0.4, 0.5) is 0 Å². The maximum atomic E-state index is 12.0.